The molecule has 0 bridgehead atoms. The summed E-state index contributed by atoms with van der Waals surface area (Å²) in [6.45, 7) is -0.224. The molecule has 1 heterocycles. The van der Waals surface area contributed by atoms with Crippen LogP contribution in [0.2, 0.25) is 5.02 Å². The van der Waals surface area contributed by atoms with Crippen LogP contribution in [-0.4, -0.2) is 30.4 Å². The molecule has 1 saturated heterocycles. The number of carbonyl (C=O) groups excluding carboxylic acids is 3. The highest BCUT2D eigenvalue weighted by molar-refractivity contribution is 6.30. The number of carbonyl (C=O) groups is 3. The van der Waals surface area contributed by atoms with Crippen LogP contribution in [0.15, 0.2) is 24.3 Å². The maximum absolute atomic E-state index is 11.7. The lowest BCUT2D eigenvalue weighted by atomic mass is 10.1. The van der Waals surface area contributed by atoms with E-state index in [4.69, 9.17) is 16.3 Å². The number of halogens is 1. The van der Waals surface area contributed by atoms with Crippen LogP contribution < -0.4 is 15.4 Å². The molecule has 1 atom stereocenters. The van der Waals surface area contributed by atoms with Gasteiger partial charge in [0.15, 0.2) is 6.61 Å². The summed E-state index contributed by atoms with van der Waals surface area (Å²) in [6, 6.07) is 5.96. The van der Waals surface area contributed by atoms with Gasteiger partial charge >= 0.3 is 0 Å². The number of hydrogen-bond acceptors (Lipinski definition) is 4. The Kier molecular flexibility index (Phi) is 4.57. The van der Waals surface area contributed by atoms with Crippen molar-refractivity contribution in [1.29, 1.82) is 0 Å². The minimum Gasteiger partial charge on any atom is -0.484 e. The molecular formula is C13H13ClN2O4. The van der Waals surface area contributed by atoms with Crippen molar-refractivity contribution in [3.8, 4) is 5.75 Å². The Morgan fingerprint density at radius 3 is 2.95 bits per heavy atom. The number of hydrogen-bond donors (Lipinski definition) is 2. The molecule has 0 saturated carbocycles. The molecule has 6 nitrogen and oxygen atoms in total. The zero-order valence-corrected chi connectivity index (χ0v) is 11.3. The number of nitrogens with one attached hydrogen (secondary N) is 2. The number of benzene rings is 1. The fourth-order valence-corrected chi connectivity index (χ4v) is 1.95. The first-order valence-corrected chi connectivity index (χ1v) is 6.44. The lowest BCUT2D eigenvalue weighted by molar-refractivity contribution is -0.137. The Morgan fingerprint density at radius 1 is 1.45 bits per heavy atom. The molecule has 0 aromatic heterocycles. The molecule has 20 heavy (non-hydrogen) atoms. The molecule has 0 radical (unpaired) electrons. The summed E-state index contributed by atoms with van der Waals surface area (Å²) >= 11 is 5.78. The first-order valence-electron chi connectivity index (χ1n) is 6.06. The van der Waals surface area contributed by atoms with Gasteiger partial charge in [0.05, 0.1) is 0 Å². The minimum atomic E-state index is -0.692. The maximum Gasteiger partial charge on any atom is 0.258 e. The predicted molar refractivity (Wildman–Crippen MR) is 71.3 cm³/mol. The van der Waals surface area contributed by atoms with Crippen LogP contribution in [0.4, 0.5) is 0 Å². The van der Waals surface area contributed by atoms with E-state index in [0.29, 0.717) is 17.2 Å². The third-order valence-corrected chi connectivity index (χ3v) is 2.98. The Hall–Kier alpha value is -2.08. The van der Waals surface area contributed by atoms with Gasteiger partial charge in [-0.1, -0.05) is 17.7 Å². The van der Waals surface area contributed by atoms with Crippen molar-refractivity contribution >= 4 is 29.3 Å². The Bertz CT molecular complexity index is 547. The number of amides is 3. The van der Waals surface area contributed by atoms with Gasteiger partial charge in [-0.25, -0.2) is 0 Å². The summed E-state index contributed by atoms with van der Waals surface area (Å²) in [5.74, 6) is -0.775. The molecule has 3 amide bonds. The van der Waals surface area contributed by atoms with E-state index >= 15 is 0 Å². The van der Waals surface area contributed by atoms with Crippen LogP contribution in [-0.2, 0) is 14.4 Å². The minimum absolute atomic E-state index is 0.214. The molecular weight excluding hydrogens is 284 g/mol. The van der Waals surface area contributed by atoms with Gasteiger partial charge in [-0.05, 0) is 24.6 Å². The molecule has 1 aliphatic heterocycles. The molecule has 1 aromatic carbocycles. The molecule has 1 aliphatic rings. The zero-order valence-electron chi connectivity index (χ0n) is 10.5. The fourth-order valence-electron chi connectivity index (χ4n) is 1.77. The number of rotatable bonds is 4. The maximum atomic E-state index is 11.7. The van der Waals surface area contributed by atoms with Gasteiger partial charge in [-0.15, -0.1) is 0 Å². The normalized spacial score (nSPS) is 18.4. The Labute approximate surface area is 120 Å². The molecule has 2 rings (SSSR count). The monoisotopic (exact) mass is 296 g/mol. The van der Waals surface area contributed by atoms with E-state index in [1.54, 1.807) is 24.3 Å². The summed E-state index contributed by atoms with van der Waals surface area (Å²) in [7, 11) is 0. The summed E-state index contributed by atoms with van der Waals surface area (Å²) in [4.78, 5) is 34.1. The van der Waals surface area contributed by atoms with Crippen molar-refractivity contribution in [3.63, 3.8) is 0 Å². The van der Waals surface area contributed by atoms with E-state index in [2.05, 4.69) is 10.6 Å². The summed E-state index contributed by atoms with van der Waals surface area (Å²) in [6.07, 6.45) is 0.513. The van der Waals surface area contributed by atoms with Crippen molar-refractivity contribution < 1.29 is 19.1 Å². The van der Waals surface area contributed by atoms with E-state index in [9.17, 15) is 14.4 Å². The molecule has 1 unspecified atom stereocenters. The average Bonchev–Trinajstić information content (AvgIpc) is 2.40. The molecule has 0 spiro atoms. The van der Waals surface area contributed by atoms with Crippen LogP contribution in [0.25, 0.3) is 0 Å². The van der Waals surface area contributed by atoms with Gasteiger partial charge in [0.25, 0.3) is 5.91 Å². The van der Waals surface area contributed by atoms with Crippen LogP contribution >= 0.6 is 11.6 Å². The van der Waals surface area contributed by atoms with Crippen molar-refractivity contribution in [2.75, 3.05) is 6.61 Å². The highest BCUT2D eigenvalue weighted by Crippen LogP contribution is 2.16. The number of ether oxygens (including phenoxy) is 1. The summed E-state index contributed by atoms with van der Waals surface area (Å²) in [5, 5.41) is 5.19. The van der Waals surface area contributed by atoms with Gasteiger partial charge in [-0.2, -0.15) is 0 Å². The Morgan fingerprint density at radius 2 is 2.25 bits per heavy atom. The highest BCUT2D eigenvalue weighted by Gasteiger charge is 2.27. The van der Waals surface area contributed by atoms with Gasteiger partial charge in [0.2, 0.25) is 11.8 Å². The summed E-state index contributed by atoms with van der Waals surface area (Å²) in [5.41, 5.74) is 0. The van der Waals surface area contributed by atoms with Crippen LogP contribution in [0.3, 0.4) is 0 Å². The van der Waals surface area contributed by atoms with Crippen molar-refractivity contribution in [1.82, 2.24) is 10.6 Å². The Balaban J connectivity index is 1.81. The fraction of sp³-hybridized carbons (Fsp3) is 0.308. The summed E-state index contributed by atoms with van der Waals surface area (Å²) < 4.78 is 5.25. The SMILES string of the molecule is O=C1CCC(NC(=O)COc2cccc(Cl)c2)C(=O)N1. The third-order valence-electron chi connectivity index (χ3n) is 2.74. The first-order chi connectivity index (χ1) is 9.54. The second-order valence-corrected chi connectivity index (χ2v) is 4.75. The van der Waals surface area contributed by atoms with Gasteiger partial charge in [0, 0.05) is 11.4 Å². The highest BCUT2D eigenvalue weighted by atomic mass is 35.5. The zero-order chi connectivity index (χ0) is 14.5. The number of imide groups is 1. The van der Waals surface area contributed by atoms with Gasteiger partial charge in [0.1, 0.15) is 11.8 Å². The first kappa shape index (κ1) is 14.3. The van der Waals surface area contributed by atoms with E-state index in [0.717, 1.165) is 0 Å². The topological polar surface area (TPSA) is 84.5 Å². The number of piperidine rings is 1. The molecule has 7 heteroatoms. The molecule has 1 fully saturated rings. The van der Waals surface area contributed by atoms with Crippen molar-refractivity contribution in [2.45, 2.75) is 18.9 Å². The molecule has 2 N–H and O–H groups in total. The van der Waals surface area contributed by atoms with Crippen molar-refractivity contribution in [2.24, 2.45) is 0 Å². The van der Waals surface area contributed by atoms with Crippen LogP contribution in [0, 0.1) is 0 Å². The average molecular weight is 297 g/mol. The molecule has 1 aromatic rings. The standard InChI is InChI=1S/C13H13ClN2O4/c14-8-2-1-3-9(6-8)20-7-12(18)15-10-4-5-11(17)16-13(10)19/h1-3,6,10H,4-5,7H2,(H,15,18)(H,16,17,19). The predicted octanol–water partition coefficient (Wildman–Crippen LogP) is 0.640. The second-order valence-electron chi connectivity index (χ2n) is 4.32. The van der Waals surface area contributed by atoms with E-state index in [-0.39, 0.29) is 18.9 Å². The van der Waals surface area contributed by atoms with Crippen molar-refractivity contribution in [3.05, 3.63) is 29.3 Å². The molecule has 106 valence electrons. The van der Waals surface area contributed by atoms with E-state index in [1.807, 2.05) is 0 Å². The quantitative estimate of drug-likeness (QED) is 0.799. The lowest BCUT2D eigenvalue weighted by Gasteiger charge is -2.21. The van der Waals surface area contributed by atoms with Crippen LogP contribution in [0.5, 0.6) is 5.75 Å². The third kappa shape index (κ3) is 3.96. The smallest absolute Gasteiger partial charge is 0.258 e. The van der Waals surface area contributed by atoms with E-state index in [1.165, 1.54) is 0 Å². The second kappa shape index (κ2) is 6.38. The van der Waals surface area contributed by atoms with Gasteiger partial charge in [-0.3, -0.25) is 19.7 Å². The largest absolute Gasteiger partial charge is 0.484 e. The van der Waals surface area contributed by atoms with Gasteiger partial charge < -0.3 is 10.1 Å². The van der Waals surface area contributed by atoms with Crippen LogP contribution in [0.1, 0.15) is 12.8 Å². The molecule has 0 aliphatic carbocycles. The van der Waals surface area contributed by atoms with E-state index < -0.39 is 17.9 Å². The lowest BCUT2D eigenvalue weighted by Crippen LogP contribution is -2.53.